The van der Waals surface area contributed by atoms with Crippen LogP contribution in [0.15, 0.2) is 12.1 Å². The van der Waals surface area contributed by atoms with Gasteiger partial charge in [-0.2, -0.15) is 0 Å². The third-order valence-electron chi connectivity index (χ3n) is 2.81. The molecule has 1 aromatic carbocycles. The maximum Gasteiger partial charge on any atom is 0.261 e. The number of aromatic nitrogens is 1. The average molecular weight is 467 g/mol. The van der Waals surface area contributed by atoms with Crippen molar-refractivity contribution in [2.45, 2.75) is 13.8 Å². The highest BCUT2D eigenvalue weighted by Crippen LogP contribution is 2.29. The van der Waals surface area contributed by atoms with Crippen LogP contribution in [0.2, 0.25) is 0 Å². The highest BCUT2D eigenvalue weighted by molar-refractivity contribution is 14.1. The number of hydrogen-bond acceptors (Lipinski definition) is 6. The summed E-state index contributed by atoms with van der Waals surface area (Å²) in [6.45, 7) is 3.39. The quantitative estimate of drug-likeness (QED) is 0.600. The van der Waals surface area contributed by atoms with E-state index in [1.807, 2.05) is 0 Å². The Hall–Kier alpha value is -1.40. The van der Waals surface area contributed by atoms with Crippen molar-refractivity contribution in [3.05, 3.63) is 31.7 Å². The third kappa shape index (κ3) is 4.54. The molecule has 0 aliphatic carbocycles. The van der Waals surface area contributed by atoms with E-state index in [9.17, 15) is 18.3 Å². The first kappa shape index (κ1) is 17.9. The van der Waals surface area contributed by atoms with Crippen molar-refractivity contribution in [3.63, 3.8) is 0 Å². The fourth-order valence-electron chi connectivity index (χ4n) is 1.79. The molecule has 7 nitrogen and oxygen atoms in total. The molecule has 1 heterocycles. The Morgan fingerprint density at radius 1 is 1.35 bits per heavy atom. The molecule has 0 aliphatic rings. The first-order chi connectivity index (χ1) is 10.6. The molecule has 0 fully saturated rings. The zero-order chi connectivity index (χ0) is 17.4. The molecule has 1 amide bonds. The summed E-state index contributed by atoms with van der Waals surface area (Å²) in [5.41, 5.74) is 0.733. The SMILES string of the molecule is Cc1cc(I)cc(C(=O)Nc2nc(NS(C)(=O)=O)c(C)s2)c1O. The van der Waals surface area contributed by atoms with E-state index in [0.29, 0.717) is 10.4 Å². The monoisotopic (exact) mass is 467 g/mol. The van der Waals surface area contributed by atoms with E-state index in [1.54, 1.807) is 26.0 Å². The van der Waals surface area contributed by atoms with Gasteiger partial charge in [0.25, 0.3) is 5.91 Å². The number of nitrogens with zero attached hydrogens (tertiary/aromatic N) is 1. The summed E-state index contributed by atoms with van der Waals surface area (Å²) in [6.07, 6.45) is 1.02. The minimum atomic E-state index is -3.44. The van der Waals surface area contributed by atoms with Crippen molar-refractivity contribution in [2.24, 2.45) is 0 Å². The molecule has 0 atom stereocenters. The predicted octanol–water partition coefficient (Wildman–Crippen LogP) is 2.69. The second-order valence-corrected chi connectivity index (χ2v) is 9.07. The minimum absolute atomic E-state index is 0.0920. The average Bonchev–Trinajstić information content (AvgIpc) is 2.71. The lowest BCUT2D eigenvalue weighted by Gasteiger charge is -2.07. The van der Waals surface area contributed by atoms with Crippen LogP contribution in [-0.4, -0.2) is 30.7 Å². The smallest absolute Gasteiger partial charge is 0.261 e. The molecule has 0 unspecified atom stereocenters. The Bertz CT molecular complexity index is 878. The van der Waals surface area contributed by atoms with Crippen molar-refractivity contribution in [1.82, 2.24) is 4.98 Å². The van der Waals surface area contributed by atoms with Crippen LogP contribution in [0.4, 0.5) is 10.9 Å². The second-order valence-electron chi connectivity index (χ2n) is 4.87. The van der Waals surface area contributed by atoms with Crippen molar-refractivity contribution in [1.29, 1.82) is 0 Å². The number of thiazole rings is 1. The number of rotatable bonds is 4. The number of halogens is 1. The van der Waals surface area contributed by atoms with Crippen LogP contribution in [0.5, 0.6) is 5.75 Å². The number of hydrogen-bond donors (Lipinski definition) is 3. The van der Waals surface area contributed by atoms with Gasteiger partial charge in [-0.3, -0.25) is 14.8 Å². The fourth-order valence-corrected chi connectivity index (χ4v) is 3.95. The standard InChI is InChI=1S/C13H14IN3O4S2/c1-6-4-8(14)5-9(10(6)18)12(19)16-13-15-11(7(2)22-13)17-23(3,20)21/h4-5,17-18H,1-3H3,(H,15,16,19). The van der Waals surface area contributed by atoms with Crippen LogP contribution in [-0.2, 0) is 10.0 Å². The molecule has 2 aromatic rings. The number of sulfonamides is 1. The van der Waals surface area contributed by atoms with Gasteiger partial charge in [-0.05, 0) is 54.1 Å². The minimum Gasteiger partial charge on any atom is -0.507 e. The lowest BCUT2D eigenvalue weighted by atomic mass is 10.1. The lowest BCUT2D eigenvalue weighted by molar-refractivity contribution is 0.102. The van der Waals surface area contributed by atoms with Gasteiger partial charge in [0, 0.05) is 8.45 Å². The molecule has 0 radical (unpaired) electrons. The van der Waals surface area contributed by atoms with E-state index in [2.05, 4.69) is 37.6 Å². The van der Waals surface area contributed by atoms with Crippen molar-refractivity contribution in [3.8, 4) is 5.75 Å². The molecule has 0 aliphatic heterocycles. The van der Waals surface area contributed by atoms with E-state index in [-0.39, 0.29) is 22.3 Å². The summed E-state index contributed by atoms with van der Waals surface area (Å²) >= 11 is 3.19. The number of benzene rings is 1. The van der Waals surface area contributed by atoms with Gasteiger partial charge in [0.2, 0.25) is 10.0 Å². The van der Waals surface area contributed by atoms with E-state index >= 15 is 0 Å². The van der Waals surface area contributed by atoms with E-state index in [4.69, 9.17) is 0 Å². The highest BCUT2D eigenvalue weighted by Gasteiger charge is 2.17. The first-order valence-electron chi connectivity index (χ1n) is 6.32. The number of nitrogens with one attached hydrogen (secondary N) is 2. The van der Waals surface area contributed by atoms with Gasteiger partial charge in [0.05, 0.1) is 11.8 Å². The first-order valence-corrected chi connectivity index (χ1v) is 10.1. The Balaban J connectivity index is 2.26. The maximum absolute atomic E-state index is 12.3. The summed E-state index contributed by atoms with van der Waals surface area (Å²) in [5.74, 6) is -0.426. The summed E-state index contributed by atoms with van der Waals surface area (Å²) in [5, 5.41) is 12.8. The van der Waals surface area contributed by atoms with Gasteiger partial charge in [-0.25, -0.2) is 13.4 Å². The molecule has 1 aromatic heterocycles. The molecular weight excluding hydrogens is 453 g/mol. The number of amides is 1. The van der Waals surface area contributed by atoms with E-state index < -0.39 is 15.9 Å². The number of aromatic hydroxyl groups is 1. The predicted molar refractivity (Wildman–Crippen MR) is 98.8 cm³/mol. The van der Waals surface area contributed by atoms with Crippen LogP contribution in [0.25, 0.3) is 0 Å². The van der Waals surface area contributed by atoms with Crippen molar-refractivity contribution < 1.29 is 18.3 Å². The molecule has 124 valence electrons. The summed E-state index contributed by atoms with van der Waals surface area (Å²) in [7, 11) is -3.44. The second kappa shape index (κ2) is 6.61. The third-order valence-corrected chi connectivity index (χ3v) is 4.88. The van der Waals surface area contributed by atoms with Crippen LogP contribution in [0, 0.1) is 17.4 Å². The molecule has 0 saturated carbocycles. The highest BCUT2D eigenvalue weighted by atomic mass is 127. The molecule has 0 spiro atoms. The Labute approximate surface area is 151 Å². The molecule has 0 saturated heterocycles. The van der Waals surface area contributed by atoms with Gasteiger partial charge >= 0.3 is 0 Å². The van der Waals surface area contributed by atoms with Gasteiger partial charge < -0.3 is 5.11 Å². The molecular formula is C13H14IN3O4S2. The number of anilines is 2. The number of carbonyl (C=O) groups is 1. The summed E-state index contributed by atoms with van der Waals surface area (Å²) < 4.78 is 25.6. The maximum atomic E-state index is 12.3. The zero-order valence-corrected chi connectivity index (χ0v) is 16.3. The lowest BCUT2D eigenvalue weighted by Crippen LogP contribution is -2.13. The van der Waals surface area contributed by atoms with Gasteiger partial charge in [0.15, 0.2) is 10.9 Å². The fraction of sp³-hybridized carbons (Fsp3) is 0.231. The summed E-state index contributed by atoms with van der Waals surface area (Å²) in [6, 6.07) is 3.32. The Kier molecular flexibility index (Phi) is 5.16. The zero-order valence-electron chi connectivity index (χ0n) is 12.5. The molecule has 23 heavy (non-hydrogen) atoms. The van der Waals surface area contributed by atoms with Crippen LogP contribution in [0.1, 0.15) is 20.8 Å². The number of phenolic OH excluding ortho intramolecular Hbond substituents is 1. The van der Waals surface area contributed by atoms with E-state index in [1.165, 1.54) is 0 Å². The topological polar surface area (TPSA) is 108 Å². The number of phenols is 1. The van der Waals surface area contributed by atoms with Crippen LogP contribution in [0.3, 0.4) is 0 Å². The van der Waals surface area contributed by atoms with E-state index in [0.717, 1.165) is 21.2 Å². The van der Waals surface area contributed by atoms with Crippen LogP contribution >= 0.6 is 33.9 Å². The van der Waals surface area contributed by atoms with Gasteiger partial charge in [0.1, 0.15) is 5.75 Å². The molecule has 0 bridgehead atoms. The largest absolute Gasteiger partial charge is 0.507 e. The normalized spacial score (nSPS) is 11.3. The Morgan fingerprint density at radius 3 is 2.61 bits per heavy atom. The number of aryl methyl sites for hydroxylation is 2. The molecule has 2 rings (SSSR count). The van der Waals surface area contributed by atoms with Crippen LogP contribution < -0.4 is 10.0 Å². The van der Waals surface area contributed by atoms with Crippen molar-refractivity contribution >= 4 is 60.8 Å². The summed E-state index contributed by atoms with van der Waals surface area (Å²) in [4.78, 5) is 17.0. The molecule has 10 heteroatoms. The Morgan fingerprint density at radius 2 is 2.00 bits per heavy atom. The van der Waals surface area contributed by atoms with Crippen molar-refractivity contribution in [2.75, 3.05) is 16.3 Å². The number of carbonyl (C=O) groups excluding carboxylic acids is 1. The van der Waals surface area contributed by atoms with Gasteiger partial charge in [-0.1, -0.05) is 11.3 Å². The molecule has 3 N–H and O–H groups in total. The van der Waals surface area contributed by atoms with Gasteiger partial charge in [-0.15, -0.1) is 0 Å².